The highest BCUT2D eigenvalue weighted by Crippen LogP contribution is 2.27. The molecule has 0 bridgehead atoms. The summed E-state index contributed by atoms with van der Waals surface area (Å²) in [5.41, 5.74) is 1.68. The van der Waals surface area contributed by atoms with Gasteiger partial charge in [-0.1, -0.05) is 46.2 Å². The summed E-state index contributed by atoms with van der Waals surface area (Å²) >= 11 is 9.58. The summed E-state index contributed by atoms with van der Waals surface area (Å²) in [5, 5.41) is 0.552. The molecule has 0 saturated heterocycles. The van der Waals surface area contributed by atoms with Crippen molar-refractivity contribution in [3.63, 3.8) is 0 Å². The molecule has 1 aromatic carbocycles. The van der Waals surface area contributed by atoms with Crippen LogP contribution in [0.3, 0.4) is 0 Å². The second-order valence-corrected chi connectivity index (χ2v) is 6.62. The molecule has 1 aromatic rings. The van der Waals surface area contributed by atoms with Gasteiger partial charge in [-0.2, -0.15) is 0 Å². The molecular weight excluding hydrogens is 376 g/mol. The van der Waals surface area contributed by atoms with Crippen LogP contribution in [-0.4, -0.2) is 24.8 Å². The average molecular weight is 398 g/mol. The smallest absolute Gasteiger partial charge is 0.145 e. The highest BCUT2D eigenvalue weighted by molar-refractivity contribution is 9.11. The van der Waals surface area contributed by atoms with E-state index in [0.29, 0.717) is 16.5 Å². The van der Waals surface area contributed by atoms with Crippen LogP contribution in [0, 0.1) is 0 Å². The molecule has 23 heavy (non-hydrogen) atoms. The zero-order valence-corrected chi connectivity index (χ0v) is 16.3. The zero-order valence-electron chi connectivity index (χ0n) is 13.9. The van der Waals surface area contributed by atoms with Crippen LogP contribution in [0.4, 0.5) is 0 Å². The number of ether oxygens (including phenoxy) is 1. The van der Waals surface area contributed by atoms with Crippen LogP contribution in [-0.2, 0) is 0 Å². The van der Waals surface area contributed by atoms with E-state index in [1.807, 2.05) is 50.1 Å². The van der Waals surface area contributed by atoms with Gasteiger partial charge in [0.2, 0.25) is 0 Å². The minimum atomic E-state index is 0.531. The van der Waals surface area contributed by atoms with E-state index in [-0.39, 0.29) is 0 Å². The second-order valence-electron chi connectivity index (χ2n) is 5.02. The van der Waals surface area contributed by atoms with Crippen molar-refractivity contribution >= 4 is 33.9 Å². The molecule has 0 N–H and O–H groups in total. The lowest BCUT2D eigenvalue weighted by Crippen LogP contribution is -2.14. The van der Waals surface area contributed by atoms with Crippen LogP contribution in [0.15, 0.2) is 63.4 Å². The molecule has 0 unspecified atom stereocenters. The number of aliphatic imine (C=N–C) groups is 1. The second kappa shape index (κ2) is 9.58. The van der Waals surface area contributed by atoms with Gasteiger partial charge in [0.05, 0.1) is 17.1 Å². The first kappa shape index (κ1) is 19.5. The summed E-state index contributed by atoms with van der Waals surface area (Å²) in [6, 6.07) is 7.31. The SMILES string of the molecule is C=C(Oc1ccccc1Cl)/C(C)=C\C(N=CN(C)CC)=C(/C)Br. The molecule has 0 amide bonds. The molecule has 5 heteroatoms. The molecular formula is C18H22BrClN2O. The third kappa shape index (κ3) is 6.63. The minimum Gasteiger partial charge on any atom is -0.456 e. The molecule has 124 valence electrons. The van der Waals surface area contributed by atoms with Crippen molar-refractivity contribution in [3.8, 4) is 5.75 Å². The lowest BCUT2D eigenvalue weighted by Gasteiger charge is -2.12. The van der Waals surface area contributed by atoms with Gasteiger partial charge >= 0.3 is 0 Å². The molecule has 0 heterocycles. The van der Waals surface area contributed by atoms with Gasteiger partial charge in [-0.15, -0.1) is 0 Å². The van der Waals surface area contributed by atoms with Crippen LogP contribution in [0.25, 0.3) is 0 Å². The van der Waals surface area contributed by atoms with Crippen LogP contribution < -0.4 is 4.74 Å². The normalized spacial score (nSPS) is 13.0. The number of halogens is 2. The number of hydrogen-bond donors (Lipinski definition) is 0. The highest BCUT2D eigenvalue weighted by Gasteiger charge is 2.06. The molecule has 0 aliphatic carbocycles. The van der Waals surface area contributed by atoms with E-state index in [9.17, 15) is 0 Å². The standard InChI is InChI=1S/C18H22BrClN2O/c1-6-22(5)12-21-17(14(3)19)11-13(2)15(4)23-18-10-8-7-9-16(18)20/h7-12H,4,6H2,1-3,5H3/b13-11-,17-14-,21-12?. The topological polar surface area (TPSA) is 24.8 Å². The van der Waals surface area contributed by atoms with E-state index in [1.54, 1.807) is 12.4 Å². The van der Waals surface area contributed by atoms with Crippen LogP contribution in [0.5, 0.6) is 5.75 Å². The van der Waals surface area contributed by atoms with Gasteiger partial charge in [-0.3, -0.25) is 0 Å². The molecule has 0 spiro atoms. The fourth-order valence-electron chi connectivity index (χ4n) is 1.49. The fourth-order valence-corrected chi connectivity index (χ4v) is 1.89. The van der Waals surface area contributed by atoms with E-state index < -0.39 is 0 Å². The van der Waals surface area contributed by atoms with Crippen molar-refractivity contribution in [2.75, 3.05) is 13.6 Å². The van der Waals surface area contributed by atoms with Gasteiger partial charge in [0.15, 0.2) is 0 Å². The summed E-state index contributed by atoms with van der Waals surface area (Å²) in [5.74, 6) is 1.12. The Morgan fingerprint density at radius 1 is 1.39 bits per heavy atom. The Morgan fingerprint density at radius 3 is 2.61 bits per heavy atom. The monoisotopic (exact) mass is 396 g/mol. The Morgan fingerprint density at radius 2 is 2.04 bits per heavy atom. The van der Waals surface area contributed by atoms with Crippen molar-refractivity contribution in [1.82, 2.24) is 4.90 Å². The number of rotatable bonds is 7. The van der Waals surface area contributed by atoms with Crippen molar-refractivity contribution in [2.24, 2.45) is 4.99 Å². The van der Waals surface area contributed by atoms with Gasteiger partial charge in [0.25, 0.3) is 0 Å². The predicted octanol–water partition coefficient (Wildman–Crippen LogP) is 5.79. The summed E-state index contributed by atoms with van der Waals surface area (Å²) in [6.45, 7) is 10.8. The van der Waals surface area contributed by atoms with Crippen LogP contribution >= 0.6 is 27.5 Å². The molecule has 0 aromatic heterocycles. The van der Waals surface area contributed by atoms with Gasteiger partial charge in [0, 0.05) is 18.1 Å². The number of hydrogen-bond acceptors (Lipinski definition) is 2. The van der Waals surface area contributed by atoms with E-state index in [1.165, 1.54) is 0 Å². The summed E-state index contributed by atoms with van der Waals surface area (Å²) in [4.78, 5) is 6.47. The third-order valence-electron chi connectivity index (χ3n) is 3.11. The predicted molar refractivity (Wildman–Crippen MR) is 103 cm³/mol. The van der Waals surface area contributed by atoms with Crippen molar-refractivity contribution in [1.29, 1.82) is 0 Å². The molecule has 1 rings (SSSR count). The lowest BCUT2D eigenvalue weighted by atomic mass is 10.2. The largest absolute Gasteiger partial charge is 0.456 e. The summed E-state index contributed by atoms with van der Waals surface area (Å²) in [7, 11) is 1.97. The van der Waals surface area contributed by atoms with Crippen LogP contribution in [0.1, 0.15) is 20.8 Å². The fraction of sp³-hybridized carbons (Fsp3) is 0.278. The Labute approximate surface area is 152 Å². The number of para-hydroxylation sites is 1. The van der Waals surface area contributed by atoms with E-state index in [4.69, 9.17) is 16.3 Å². The number of benzene rings is 1. The third-order valence-corrected chi connectivity index (χ3v) is 3.83. The summed E-state index contributed by atoms with van der Waals surface area (Å²) < 4.78 is 6.67. The molecule has 0 atom stereocenters. The van der Waals surface area contributed by atoms with Crippen LogP contribution in [0.2, 0.25) is 5.02 Å². The molecule has 3 nitrogen and oxygen atoms in total. The van der Waals surface area contributed by atoms with Crippen molar-refractivity contribution in [3.05, 3.63) is 63.5 Å². The first-order chi connectivity index (χ1) is 10.8. The van der Waals surface area contributed by atoms with Crippen molar-refractivity contribution in [2.45, 2.75) is 20.8 Å². The van der Waals surface area contributed by atoms with E-state index >= 15 is 0 Å². The van der Waals surface area contributed by atoms with E-state index in [2.05, 4.69) is 34.4 Å². The Hall–Kier alpha value is -1.52. The van der Waals surface area contributed by atoms with Gasteiger partial charge < -0.3 is 9.64 Å². The van der Waals surface area contributed by atoms with Gasteiger partial charge in [-0.25, -0.2) is 4.99 Å². The first-order valence-corrected chi connectivity index (χ1v) is 8.43. The maximum Gasteiger partial charge on any atom is 0.145 e. The van der Waals surface area contributed by atoms with Gasteiger partial charge in [-0.05, 0) is 44.6 Å². The Kier molecular flexibility index (Phi) is 8.13. The number of nitrogens with zero attached hydrogens (tertiary/aromatic N) is 2. The molecule has 0 saturated carbocycles. The molecule has 0 radical (unpaired) electrons. The average Bonchev–Trinajstić information content (AvgIpc) is 2.52. The quantitative estimate of drug-likeness (QED) is 0.252. The minimum absolute atomic E-state index is 0.531. The van der Waals surface area contributed by atoms with Gasteiger partial charge in [0.1, 0.15) is 11.5 Å². The molecule has 0 aliphatic heterocycles. The highest BCUT2D eigenvalue weighted by atomic mass is 79.9. The van der Waals surface area contributed by atoms with E-state index in [0.717, 1.165) is 22.3 Å². The van der Waals surface area contributed by atoms with Crippen molar-refractivity contribution < 1.29 is 4.74 Å². The zero-order chi connectivity index (χ0) is 17.4. The maximum atomic E-state index is 6.10. The summed E-state index contributed by atoms with van der Waals surface area (Å²) in [6.07, 6.45) is 3.71. The maximum absolute atomic E-state index is 6.10. The first-order valence-electron chi connectivity index (χ1n) is 7.26. The Bertz CT molecular complexity index is 646. The Balaban J connectivity index is 2.92. The number of allylic oxidation sites excluding steroid dienone is 3. The molecule has 0 aliphatic rings. The molecule has 0 fully saturated rings. The lowest BCUT2D eigenvalue weighted by molar-refractivity contribution is 0.439.